The average Bonchev–Trinajstić information content (AvgIpc) is 3.19. The van der Waals surface area contributed by atoms with E-state index in [1.165, 1.54) is 0 Å². The lowest BCUT2D eigenvalue weighted by atomic mass is 10.0. The molecule has 6 heteroatoms. The lowest BCUT2D eigenvalue weighted by Gasteiger charge is -2.25. The van der Waals surface area contributed by atoms with Crippen molar-refractivity contribution in [2.75, 3.05) is 6.54 Å². The van der Waals surface area contributed by atoms with E-state index in [9.17, 15) is 4.79 Å². The van der Waals surface area contributed by atoms with Crippen LogP contribution in [0, 0.1) is 0 Å². The second-order valence-corrected chi connectivity index (χ2v) is 4.97. The zero-order chi connectivity index (χ0) is 15.9. The first kappa shape index (κ1) is 15.6. The number of primary amides is 2. The molecule has 2 aromatic rings. The molecule has 0 radical (unpaired) electrons. The van der Waals surface area contributed by atoms with Crippen LogP contribution in [-0.4, -0.2) is 28.5 Å². The van der Waals surface area contributed by atoms with Crippen LogP contribution in [0.2, 0.25) is 0 Å². The molecule has 6 nitrogen and oxygen atoms in total. The Hall–Kier alpha value is -2.76. The summed E-state index contributed by atoms with van der Waals surface area (Å²) in [7, 11) is 0. The van der Waals surface area contributed by atoms with Crippen LogP contribution in [0.3, 0.4) is 0 Å². The third-order valence-corrected chi connectivity index (χ3v) is 3.71. The van der Waals surface area contributed by atoms with E-state index in [4.69, 9.17) is 10.5 Å². The van der Waals surface area contributed by atoms with Crippen molar-refractivity contribution in [3.8, 4) is 5.69 Å². The molecule has 0 spiro atoms. The Morgan fingerprint density at radius 1 is 1.18 bits per heavy atom. The quantitative estimate of drug-likeness (QED) is 0.827. The maximum absolute atomic E-state index is 11.5. The Kier molecular flexibility index (Phi) is 5.19. The van der Waals surface area contributed by atoms with Crippen molar-refractivity contribution in [3.63, 3.8) is 0 Å². The first-order chi connectivity index (χ1) is 10.7. The number of para-hydroxylation sites is 1. The Morgan fingerprint density at radius 3 is 2.45 bits per heavy atom. The highest BCUT2D eigenvalue weighted by Crippen LogP contribution is 2.34. The first-order valence-electron chi connectivity index (χ1n) is 7.12. The minimum atomic E-state index is -0.329. The van der Waals surface area contributed by atoms with Crippen LogP contribution >= 0.6 is 0 Å². The van der Waals surface area contributed by atoms with Gasteiger partial charge >= 0.3 is 6.03 Å². The maximum atomic E-state index is 11.5. The number of likely N-dealkylation sites (tertiary alicyclic amines) is 1. The number of amides is 3. The van der Waals surface area contributed by atoms with Gasteiger partial charge in [0.1, 0.15) is 0 Å². The molecule has 4 N–H and O–H groups in total. The molecule has 0 bridgehead atoms. The monoisotopic (exact) mass is 300 g/mol. The van der Waals surface area contributed by atoms with Crippen molar-refractivity contribution in [3.05, 3.63) is 54.4 Å². The van der Waals surface area contributed by atoms with Gasteiger partial charge in [-0.2, -0.15) is 0 Å². The number of hydrogen-bond donors (Lipinski definition) is 2. The Morgan fingerprint density at radius 2 is 1.82 bits per heavy atom. The number of carbonyl (C=O) groups excluding carboxylic acids is 2. The number of nitrogens with two attached hydrogens (primary N) is 2. The molecule has 1 aromatic heterocycles. The predicted molar refractivity (Wildman–Crippen MR) is 84.3 cm³/mol. The summed E-state index contributed by atoms with van der Waals surface area (Å²) in [5, 5.41) is 0. The highest BCUT2D eigenvalue weighted by atomic mass is 16.2. The van der Waals surface area contributed by atoms with Crippen LogP contribution in [0.15, 0.2) is 48.8 Å². The van der Waals surface area contributed by atoms with E-state index in [0.717, 1.165) is 30.6 Å². The minimum absolute atomic E-state index is 0.0936. The Balaban J connectivity index is 0.000000545. The fraction of sp³-hybridized carbons (Fsp3) is 0.250. The zero-order valence-corrected chi connectivity index (χ0v) is 12.3. The van der Waals surface area contributed by atoms with E-state index in [1.54, 1.807) is 4.90 Å². The maximum Gasteiger partial charge on any atom is 0.315 e. The molecule has 22 heavy (non-hydrogen) atoms. The molecule has 2 heterocycles. The average molecular weight is 300 g/mol. The van der Waals surface area contributed by atoms with E-state index in [1.807, 2.05) is 36.7 Å². The van der Waals surface area contributed by atoms with Crippen molar-refractivity contribution >= 4 is 12.4 Å². The van der Waals surface area contributed by atoms with Crippen molar-refractivity contribution in [2.45, 2.75) is 18.9 Å². The molecule has 3 amide bonds. The molecule has 1 fully saturated rings. The fourth-order valence-corrected chi connectivity index (χ4v) is 2.85. The Bertz CT molecular complexity index is 625. The molecule has 0 saturated carbocycles. The number of carbonyl (C=O) groups is 2. The van der Waals surface area contributed by atoms with Gasteiger partial charge in [-0.3, -0.25) is 4.79 Å². The highest BCUT2D eigenvalue weighted by molar-refractivity contribution is 5.73. The lowest BCUT2D eigenvalue weighted by Crippen LogP contribution is -2.35. The van der Waals surface area contributed by atoms with Crippen LogP contribution < -0.4 is 11.5 Å². The van der Waals surface area contributed by atoms with E-state index in [2.05, 4.69) is 22.4 Å². The minimum Gasteiger partial charge on any atom is -0.372 e. The van der Waals surface area contributed by atoms with E-state index < -0.39 is 0 Å². The molecule has 116 valence electrons. The van der Waals surface area contributed by atoms with Crippen LogP contribution in [0.25, 0.3) is 5.69 Å². The molecule has 1 unspecified atom stereocenters. The van der Waals surface area contributed by atoms with Gasteiger partial charge in [0.15, 0.2) is 0 Å². The normalized spacial score (nSPS) is 16.7. The summed E-state index contributed by atoms with van der Waals surface area (Å²) in [6.45, 7) is 0.750. The molecule has 0 aliphatic carbocycles. The molecule has 1 atom stereocenters. The predicted octanol–water partition coefficient (Wildman–Crippen LogP) is 1.79. The second kappa shape index (κ2) is 7.31. The fourth-order valence-electron chi connectivity index (χ4n) is 2.85. The topological polar surface area (TPSA) is 94.3 Å². The summed E-state index contributed by atoms with van der Waals surface area (Å²) in [4.78, 5) is 21.9. The summed E-state index contributed by atoms with van der Waals surface area (Å²) in [5.74, 6) is 0. The molecular formula is C16H20N4O2. The van der Waals surface area contributed by atoms with Gasteiger partial charge in [0.05, 0.1) is 11.7 Å². The number of hydrogen-bond acceptors (Lipinski definition) is 2. The third-order valence-electron chi connectivity index (χ3n) is 3.71. The molecular weight excluding hydrogens is 280 g/mol. The van der Waals surface area contributed by atoms with Crippen LogP contribution in [0.1, 0.15) is 24.4 Å². The smallest absolute Gasteiger partial charge is 0.315 e. The number of nitrogens with zero attached hydrogens (tertiary/aromatic N) is 2. The third kappa shape index (κ3) is 3.28. The van der Waals surface area contributed by atoms with Gasteiger partial charge in [0.25, 0.3) is 0 Å². The molecule has 1 aliphatic rings. The van der Waals surface area contributed by atoms with E-state index >= 15 is 0 Å². The zero-order valence-electron chi connectivity index (χ0n) is 12.3. The molecule has 1 saturated heterocycles. The Labute approximate surface area is 129 Å². The van der Waals surface area contributed by atoms with Crippen LogP contribution in [0.5, 0.6) is 0 Å². The standard InChI is InChI=1S/C15H17N3O.CH3NO/c16-15(19)18-11-5-8-14(18)12-6-1-2-7-13(12)17-9-3-4-10-17;2-1-3/h1-4,6-7,9-10,14H,5,8,11H2,(H2,16,19);1H,(H2,2,3). The van der Waals surface area contributed by atoms with Crippen molar-refractivity contribution in [1.82, 2.24) is 9.47 Å². The van der Waals surface area contributed by atoms with Gasteiger partial charge in [0, 0.05) is 18.9 Å². The van der Waals surface area contributed by atoms with E-state index in [0.29, 0.717) is 0 Å². The number of urea groups is 1. The van der Waals surface area contributed by atoms with Gasteiger partial charge in [-0.05, 0) is 36.6 Å². The SMILES string of the molecule is NC(=O)N1CCCC1c1ccccc1-n1cccc1.NC=O. The summed E-state index contributed by atoms with van der Waals surface area (Å²) < 4.78 is 2.08. The summed E-state index contributed by atoms with van der Waals surface area (Å²) in [5.41, 5.74) is 11.9. The number of benzene rings is 1. The first-order valence-corrected chi connectivity index (χ1v) is 7.12. The van der Waals surface area contributed by atoms with Gasteiger partial charge in [-0.25, -0.2) is 4.79 Å². The van der Waals surface area contributed by atoms with Crippen molar-refractivity contribution in [2.24, 2.45) is 11.5 Å². The summed E-state index contributed by atoms with van der Waals surface area (Å²) >= 11 is 0. The van der Waals surface area contributed by atoms with Crippen LogP contribution in [-0.2, 0) is 4.79 Å². The molecule has 3 rings (SSSR count). The summed E-state index contributed by atoms with van der Waals surface area (Å²) in [6.07, 6.45) is 6.26. The second-order valence-electron chi connectivity index (χ2n) is 4.97. The molecule has 1 aliphatic heterocycles. The van der Waals surface area contributed by atoms with E-state index in [-0.39, 0.29) is 18.5 Å². The molecule has 1 aromatic carbocycles. The largest absolute Gasteiger partial charge is 0.372 e. The van der Waals surface area contributed by atoms with Gasteiger partial charge in [0.2, 0.25) is 6.41 Å². The van der Waals surface area contributed by atoms with Crippen molar-refractivity contribution < 1.29 is 9.59 Å². The van der Waals surface area contributed by atoms with Crippen molar-refractivity contribution in [1.29, 1.82) is 0 Å². The highest BCUT2D eigenvalue weighted by Gasteiger charge is 2.30. The number of aromatic nitrogens is 1. The lowest BCUT2D eigenvalue weighted by molar-refractivity contribution is -0.106. The van der Waals surface area contributed by atoms with Gasteiger partial charge in [-0.15, -0.1) is 0 Å². The van der Waals surface area contributed by atoms with Gasteiger partial charge in [-0.1, -0.05) is 18.2 Å². The van der Waals surface area contributed by atoms with Gasteiger partial charge < -0.3 is 20.9 Å². The number of rotatable bonds is 2. The summed E-state index contributed by atoms with van der Waals surface area (Å²) in [6, 6.07) is 12.0. The van der Waals surface area contributed by atoms with Crippen LogP contribution in [0.4, 0.5) is 4.79 Å².